The lowest BCUT2D eigenvalue weighted by Gasteiger charge is -2.16. The molecule has 0 radical (unpaired) electrons. The Labute approximate surface area is 173 Å². The second-order valence-electron chi connectivity index (χ2n) is 7.08. The van der Waals surface area contributed by atoms with Crippen molar-refractivity contribution < 1.29 is 29.7 Å². The number of nitrogens with two attached hydrogens (primary N) is 1. The van der Waals surface area contributed by atoms with Crippen LogP contribution in [0.25, 0.3) is 0 Å². The van der Waals surface area contributed by atoms with Crippen molar-refractivity contribution in [1.82, 2.24) is 10.6 Å². The number of phenols is 1. The number of unbranched alkanes of at least 4 members (excludes halogenated alkanes) is 1. The van der Waals surface area contributed by atoms with Gasteiger partial charge in [0.05, 0.1) is 12.1 Å². The zero-order valence-corrected chi connectivity index (χ0v) is 16.7. The number of hydrogen-bond acceptors (Lipinski definition) is 6. The zero-order valence-electron chi connectivity index (χ0n) is 15.9. The molecule has 0 spiro atoms. The Morgan fingerprint density at radius 2 is 1.86 bits per heavy atom. The van der Waals surface area contributed by atoms with Gasteiger partial charge >= 0.3 is 18.0 Å². The normalized spacial score (nSPS) is 23.2. The molecule has 3 rings (SSSR count). The van der Waals surface area contributed by atoms with E-state index in [0.29, 0.717) is 5.25 Å². The maximum Gasteiger partial charge on any atom is 0.320 e. The van der Waals surface area contributed by atoms with Gasteiger partial charge in [-0.3, -0.25) is 9.59 Å². The summed E-state index contributed by atoms with van der Waals surface area (Å²) in [6, 6.07) is 5.86. The highest BCUT2D eigenvalue weighted by molar-refractivity contribution is 8.00. The fraction of sp³-hybridized carbons (Fsp3) is 0.526. The van der Waals surface area contributed by atoms with Crippen LogP contribution in [0.2, 0.25) is 0 Å². The molecule has 2 fully saturated rings. The van der Waals surface area contributed by atoms with Crippen molar-refractivity contribution >= 4 is 29.7 Å². The van der Waals surface area contributed by atoms with Gasteiger partial charge in [0.15, 0.2) is 0 Å². The number of rotatable bonds is 8. The van der Waals surface area contributed by atoms with E-state index in [4.69, 9.17) is 21.1 Å². The third kappa shape index (κ3) is 7.47. The van der Waals surface area contributed by atoms with Crippen LogP contribution in [0.5, 0.6) is 5.75 Å². The summed E-state index contributed by atoms with van der Waals surface area (Å²) < 4.78 is 0. The quantitative estimate of drug-likeness (QED) is 0.267. The van der Waals surface area contributed by atoms with Crippen LogP contribution in [0.1, 0.15) is 31.2 Å². The summed E-state index contributed by atoms with van der Waals surface area (Å²) in [7, 11) is 0. The van der Waals surface area contributed by atoms with Gasteiger partial charge in [0, 0.05) is 17.4 Å². The summed E-state index contributed by atoms with van der Waals surface area (Å²) in [4.78, 5) is 31.9. The summed E-state index contributed by atoms with van der Waals surface area (Å²) >= 11 is 1.87. The first-order valence-electron chi connectivity index (χ1n) is 9.43. The van der Waals surface area contributed by atoms with Crippen LogP contribution in [-0.2, 0) is 16.0 Å². The van der Waals surface area contributed by atoms with Crippen molar-refractivity contribution in [1.29, 1.82) is 0 Å². The van der Waals surface area contributed by atoms with Crippen LogP contribution >= 0.6 is 11.8 Å². The number of urea groups is 1. The molecule has 2 amide bonds. The Kier molecular flexibility index (Phi) is 8.59. The number of carbonyl (C=O) groups is 3. The van der Waals surface area contributed by atoms with Crippen LogP contribution in [-0.4, -0.2) is 62.4 Å². The number of aliphatic carboxylic acids is 2. The van der Waals surface area contributed by atoms with Gasteiger partial charge in [-0.05, 0) is 37.0 Å². The molecule has 29 heavy (non-hydrogen) atoms. The molecule has 0 saturated carbocycles. The number of thioether (sulfide) groups is 1. The van der Waals surface area contributed by atoms with Gasteiger partial charge in [-0.2, -0.15) is 11.8 Å². The van der Waals surface area contributed by atoms with Crippen molar-refractivity contribution in [2.45, 2.75) is 55.5 Å². The molecule has 9 nitrogen and oxygen atoms in total. The van der Waals surface area contributed by atoms with Crippen LogP contribution in [0, 0.1) is 0 Å². The van der Waals surface area contributed by atoms with Crippen LogP contribution in [0.15, 0.2) is 24.3 Å². The highest BCUT2D eigenvalue weighted by Gasteiger charge is 2.42. The minimum Gasteiger partial charge on any atom is -0.508 e. The van der Waals surface area contributed by atoms with Crippen LogP contribution in [0.3, 0.4) is 0 Å². The van der Waals surface area contributed by atoms with Crippen molar-refractivity contribution in [3.8, 4) is 5.75 Å². The first-order valence-corrected chi connectivity index (χ1v) is 10.5. The number of phenolic OH excluding ortho intramolecular Hbond substituents is 1. The molecule has 2 saturated heterocycles. The average molecular weight is 426 g/mol. The highest BCUT2D eigenvalue weighted by atomic mass is 32.2. The topological polar surface area (TPSA) is 162 Å². The molecule has 1 aromatic rings. The fourth-order valence-electron chi connectivity index (χ4n) is 3.24. The largest absolute Gasteiger partial charge is 0.508 e. The van der Waals surface area contributed by atoms with E-state index in [1.54, 1.807) is 12.1 Å². The zero-order chi connectivity index (χ0) is 21.4. The summed E-state index contributed by atoms with van der Waals surface area (Å²) in [6.07, 6.45) is 3.15. The first kappa shape index (κ1) is 22.8. The number of nitrogens with one attached hydrogen (secondary N) is 2. The summed E-state index contributed by atoms with van der Waals surface area (Å²) in [6.45, 7) is 0. The number of carbonyl (C=O) groups excluding carboxylic acids is 1. The second kappa shape index (κ2) is 10.9. The minimum atomic E-state index is -1.02. The maximum atomic E-state index is 11.1. The van der Waals surface area contributed by atoms with Crippen molar-refractivity contribution in [3.05, 3.63) is 29.8 Å². The molecule has 0 aliphatic carbocycles. The van der Waals surface area contributed by atoms with E-state index >= 15 is 0 Å². The van der Waals surface area contributed by atoms with Crippen molar-refractivity contribution in [2.75, 3.05) is 5.75 Å². The molecule has 2 aliphatic heterocycles. The Bertz CT molecular complexity index is 714. The highest BCUT2D eigenvalue weighted by Crippen LogP contribution is 2.33. The van der Waals surface area contributed by atoms with E-state index < -0.39 is 18.0 Å². The number of fused-ring (bicyclic) bond motifs is 1. The molecule has 10 heteroatoms. The average Bonchev–Trinajstić information content (AvgIpc) is 3.20. The number of carboxylic acid groups (broad SMARTS) is 2. The lowest BCUT2D eigenvalue weighted by atomic mass is 10.0. The van der Waals surface area contributed by atoms with E-state index in [9.17, 15) is 14.4 Å². The third-order valence-corrected chi connectivity index (χ3v) is 6.29. The maximum absolute atomic E-state index is 11.1. The van der Waals surface area contributed by atoms with Gasteiger partial charge in [-0.1, -0.05) is 18.6 Å². The molecule has 1 unspecified atom stereocenters. The number of amides is 2. The molecule has 0 bridgehead atoms. The molecular formula is C19H27N3O6S. The number of benzene rings is 1. The third-order valence-electron chi connectivity index (χ3n) is 4.78. The van der Waals surface area contributed by atoms with Gasteiger partial charge in [-0.25, -0.2) is 4.79 Å². The Morgan fingerprint density at radius 1 is 1.17 bits per heavy atom. The smallest absolute Gasteiger partial charge is 0.320 e. The van der Waals surface area contributed by atoms with E-state index in [1.807, 2.05) is 11.8 Å². The second-order valence-corrected chi connectivity index (χ2v) is 8.35. The fourth-order valence-corrected chi connectivity index (χ4v) is 4.78. The number of carboxylic acids is 2. The first-order chi connectivity index (χ1) is 13.8. The van der Waals surface area contributed by atoms with Crippen LogP contribution < -0.4 is 16.4 Å². The Morgan fingerprint density at radius 3 is 2.48 bits per heavy atom. The van der Waals surface area contributed by atoms with E-state index in [-0.39, 0.29) is 36.7 Å². The molecule has 1 aromatic carbocycles. The summed E-state index contributed by atoms with van der Waals surface area (Å²) in [5.41, 5.74) is 6.12. The molecule has 7 N–H and O–H groups in total. The Hall–Kier alpha value is -2.46. The molecule has 2 heterocycles. The number of aromatic hydroxyl groups is 1. The van der Waals surface area contributed by atoms with E-state index in [1.165, 1.54) is 12.1 Å². The monoisotopic (exact) mass is 425 g/mol. The molecule has 4 atom stereocenters. The van der Waals surface area contributed by atoms with Crippen molar-refractivity contribution in [2.24, 2.45) is 5.73 Å². The minimum absolute atomic E-state index is 0.0640. The van der Waals surface area contributed by atoms with Gasteiger partial charge in [0.1, 0.15) is 11.8 Å². The lowest BCUT2D eigenvalue weighted by Crippen LogP contribution is -2.36. The Balaban J connectivity index is 0.000000212. The molecule has 2 aliphatic rings. The lowest BCUT2D eigenvalue weighted by molar-refractivity contribution is -0.139. The van der Waals surface area contributed by atoms with Gasteiger partial charge < -0.3 is 31.7 Å². The SMILES string of the molecule is NC(Cc1ccc(O)cc1)C(=O)O.O=C(O)CCCC[C@H]1SC[C@H]2NC(=O)N[C@H]21. The van der Waals surface area contributed by atoms with Crippen molar-refractivity contribution in [3.63, 3.8) is 0 Å². The molecule has 160 valence electrons. The van der Waals surface area contributed by atoms with Crippen LogP contribution in [0.4, 0.5) is 4.79 Å². The number of hydrogen-bond donors (Lipinski definition) is 6. The standard InChI is InChI=1S/C10H16N2O3S.C9H11NO3/c13-8(14)4-2-1-3-7-9-6(5-16-7)11-10(15)12-9;10-8(9(12)13)5-6-1-3-7(11)4-2-6/h6-7,9H,1-5H2,(H,13,14)(H2,11,12,15);1-4,8,11H,5,10H2,(H,12,13)/t6-,7-,9-;/m1./s1. The van der Waals surface area contributed by atoms with E-state index in [2.05, 4.69) is 10.6 Å². The van der Waals surface area contributed by atoms with Gasteiger partial charge in [-0.15, -0.1) is 0 Å². The molecular weight excluding hydrogens is 398 g/mol. The van der Waals surface area contributed by atoms with E-state index in [0.717, 1.165) is 30.6 Å². The summed E-state index contributed by atoms with van der Waals surface area (Å²) in [5.74, 6) is -0.624. The summed E-state index contributed by atoms with van der Waals surface area (Å²) in [5, 5.41) is 32.3. The molecule has 0 aromatic heterocycles. The van der Waals surface area contributed by atoms with Gasteiger partial charge in [0.2, 0.25) is 0 Å². The predicted molar refractivity (Wildman–Crippen MR) is 109 cm³/mol. The predicted octanol–water partition coefficient (Wildman–Crippen LogP) is 1.14. The van der Waals surface area contributed by atoms with Gasteiger partial charge in [0.25, 0.3) is 0 Å².